The highest BCUT2D eigenvalue weighted by Gasteiger charge is 2.36. The number of alkyl carbamates (subject to hydrolysis) is 1. The molecule has 0 aliphatic carbocycles. The van der Waals surface area contributed by atoms with E-state index < -0.39 is 25.9 Å². The van der Waals surface area contributed by atoms with E-state index in [1.807, 2.05) is 32.9 Å². The average molecular weight is 494 g/mol. The number of rotatable bonds is 12. The van der Waals surface area contributed by atoms with Gasteiger partial charge in [-0.15, -0.1) is 0 Å². The molecule has 8 nitrogen and oxygen atoms in total. The van der Waals surface area contributed by atoms with E-state index in [-0.39, 0.29) is 5.04 Å². The van der Waals surface area contributed by atoms with Gasteiger partial charge < -0.3 is 30.3 Å². The summed E-state index contributed by atoms with van der Waals surface area (Å²) in [5.41, 5.74) is 6.04. The highest BCUT2D eigenvalue weighted by atomic mass is 28.4. The van der Waals surface area contributed by atoms with Gasteiger partial charge in [0.1, 0.15) is 11.4 Å². The van der Waals surface area contributed by atoms with Gasteiger partial charge in [0.05, 0.1) is 12.3 Å². The predicted octanol–water partition coefficient (Wildman–Crippen LogP) is 5.07. The fraction of sp³-hybridized carbons (Fsp3) is 0.600. The van der Waals surface area contributed by atoms with Gasteiger partial charge in [0.2, 0.25) is 5.91 Å². The van der Waals surface area contributed by atoms with Gasteiger partial charge in [0.25, 0.3) is 0 Å². The zero-order valence-electron chi connectivity index (χ0n) is 22.0. The van der Waals surface area contributed by atoms with Crippen LogP contribution in [0.4, 0.5) is 10.5 Å². The van der Waals surface area contributed by atoms with E-state index in [2.05, 4.69) is 44.5 Å². The second-order valence-electron chi connectivity index (χ2n) is 10.6. The van der Waals surface area contributed by atoms with Gasteiger partial charge >= 0.3 is 6.09 Å². The monoisotopic (exact) mass is 493 g/mol. The molecule has 0 saturated heterocycles. The molecule has 0 fully saturated rings. The minimum absolute atomic E-state index is 0.163. The van der Waals surface area contributed by atoms with Crippen LogP contribution in [0.5, 0.6) is 5.75 Å². The van der Waals surface area contributed by atoms with Crippen LogP contribution in [-0.4, -0.2) is 52.2 Å². The molecular formula is C25H43N3O5Si. The van der Waals surface area contributed by atoms with Crippen molar-refractivity contribution in [3.8, 4) is 5.75 Å². The van der Waals surface area contributed by atoms with Gasteiger partial charge in [0.15, 0.2) is 8.32 Å². The summed E-state index contributed by atoms with van der Waals surface area (Å²) in [6.07, 6.45) is 3.99. The Morgan fingerprint density at radius 2 is 1.68 bits per heavy atom. The molecule has 0 spiro atoms. The van der Waals surface area contributed by atoms with Crippen LogP contribution < -0.4 is 21.1 Å². The third-order valence-electron chi connectivity index (χ3n) is 5.42. The zero-order chi connectivity index (χ0) is 26.0. The van der Waals surface area contributed by atoms with Crippen LogP contribution in [0.15, 0.2) is 30.4 Å². The van der Waals surface area contributed by atoms with Crippen molar-refractivity contribution < 1.29 is 23.5 Å². The molecule has 0 radical (unpaired) electrons. The van der Waals surface area contributed by atoms with Crippen LogP contribution in [0.25, 0.3) is 0 Å². The van der Waals surface area contributed by atoms with E-state index in [9.17, 15) is 9.59 Å². The summed E-state index contributed by atoms with van der Waals surface area (Å²) in [5, 5.41) is 6.09. The van der Waals surface area contributed by atoms with Gasteiger partial charge in [-0.25, -0.2) is 4.79 Å². The molecule has 34 heavy (non-hydrogen) atoms. The number of carbonyl (C=O) groups is 2. The maximum atomic E-state index is 11.7. The average Bonchev–Trinajstić information content (AvgIpc) is 2.68. The lowest BCUT2D eigenvalue weighted by Gasteiger charge is -2.36. The van der Waals surface area contributed by atoms with Gasteiger partial charge in [-0.2, -0.15) is 0 Å². The number of primary amides is 1. The number of nitrogens with one attached hydrogen (secondary N) is 2. The SMILES string of the molecule is CC(C)(C)OC(=O)NCC=CCNc1ccc(C(N)=O)cc1OCCCO[Si](C)(C)C(C)(C)C. The lowest BCUT2D eigenvalue weighted by atomic mass is 10.1. The minimum Gasteiger partial charge on any atom is -0.491 e. The van der Waals surface area contributed by atoms with Crippen molar-refractivity contribution in [2.75, 3.05) is 31.6 Å². The van der Waals surface area contributed by atoms with Crippen molar-refractivity contribution >= 4 is 26.0 Å². The second-order valence-corrected chi connectivity index (χ2v) is 15.4. The molecule has 0 aliphatic heterocycles. The van der Waals surface area contributed by atoms with Crippen LogP contribution >= 0.6 is 0 Å². The Kier molecular flexibility index (Phi) is 11.1. The summed E-state index contributed by atoms with van der Waals surface area (Å²) in [6, 6.07) is 5.08. The number of ether oxygens (including phenoxy) is 2. The first-order valence-electron chi connectivity index (χ1n) is 11.7. The van der Waals surface area contributed by atoms with Gasteiger partial charge in [0, 0.05) is 31.7 Å². The summed E-state index contributed by atoms with van der Waals surface area (Å²) < 4.78 is 17.3. The summed E-state index contributed by atoms with van der Waals surface area (Å²) in [7, 11) is -1.79. The van der Waals surface area contributed by atoms with E-state index in [1.165, 1.54) is 0 Å². The van der Waals surface area contributed by atoms with Crippen molar-refractivity contribution in [3.63, 3.8) is 0 Å². The van der Waals surface area contributed by atoms with Crippen molar-refractivity contribution in [1.82, 2.24) is 5.32 Å². The smallest absolute Gasteiger partial charge is 0.407 e. The van der Waals surface area contributed by atoms with E-state index >= 15 is 0 Å². The predicted molar refractivity (Wildman–Crippen MR) is 140 cm³/mol. The Balaban J connectivity index is 2.58. The Morgan fingerprint density at radius 1 is 1.03 bits per heavy atom. The molecule has 0 aliphatic rings. The van der Waals surface area contributed by atoms with Crippen LogP contribution in [0.2, 0.25) is 18.1 Å². The first-order chi connectivity index (χ1) is 15.6. The lowest BCUT2D eigenvalue weighted by Crippen LogP contribution is -2.41. The number of nitrogens with two attached hydrogens (primary N) is 1. The molecule has 9 heteroatoms. The quantitative estimate of drug-likeness (QED) is 0.213. The molecule has 1 aromatic carbocycles. The van der Waals surface area contributed by atoms with E-state index in [4.69, 9.17) is 19.6 Å². The van der Waals surface area contributed by atoms with Crippen LogP contribution in [-0.2, 0) is 9.16 Å². The summed E-state index contributed by atoms with van der Waals surface area (Å²) in [6.45, 7) is 18.5. The molecule has 1 aromatic rings. The maximum absolute atomic E-state index is 11.7. The Bertz CT molecular complexity index is 842. The number of anilines is 1. The zero-order valence-corrected chi connectivity index (χ0v) is 23.0. The number of hydrogen-bond donors (Lipinski definition) is 3. The van der Waals surface area contributed by atoms with Crippen molar-refractivity contribution in [1.29, 1.82) is 0 Å². The molecule has 0 heterocycles. The second kappa shape index (κ2) is 12.8. The fourth-order valence-electron chi connectivity index (χ4n) is 2.52. The maximum Gasteiger partial charge on any atom is 0.407 e. The van der Waals surface area contributed by atoms with Gasteiger partial charge in [-0.1, -0.05) is 32.9 Å². The third-order valence-corrected chi connectivity index (χ3v) is 9.96. The van der Waals surface area contributed by atoms with Gasteiger partial charge in [-0.3, -0.25) is 4.79 Å². The topological polar surface area (TPSA) is 112 Å². The first kappa shape index (κ1) is 29.5. The molecule has 0 aromatic heterocycles. The summed E-state index contributed by atoms with van der Waals surface area (Å²) in [4.78, 5) is 23.2. The Morgan fingerprint density at radius 3 is 2.26 bits per heavy atom. The van der Waals surface area contributed by atoms with Crippen LogP contribution in [0, 0.1) is 0 Å². The summed E-state index contributed by atoms with van der Waals surface area (Å²) >= 11 is 0. The van der Waals surface area contributed by atoms with Gasteiger partial charge in [-0.05, 0) is 57.1 Å². The standard InChI is InChI=1S/C25H43N3O5Si/c1-24(2,3)33-23(30)28-15-10-9-14-27-20-13-12-19(22(26)29)18-21(20)31-16-11-17-32-34(7,8)25(4,5)6/h9-10,12-13,18,27H,11,14-17H2,1-8H3,(H2,26,29)(H,28,30). The van der Waals surface area contributed by atoms with E-state index in [1.54, 1.807) is 18.2 Å². The Hall–Kier alpha value is -2.52. The van der Waals surface area contributed by atoms with Crippen molar-refractivity contribution in [2.24, 2.45) is 5.73 Å². The van der Waals surface area contributed by atoms with E-state index in [0.717, 1.165) is 12.1 Å². The summed E-state index contributed by atoms with van der Waals surface area (Å²) in [5.74, 6) is 0.0506. The largest absolute Gasteiger partial charge is 0.491 e. The molecule has 2 amide bonds. The number of carbonyl (C=O) groups excluding carboxylic acids is 2. The number of benzene rings is 1. The molecule has 0 bridgehead atoms. The first-order valence-corrected chi connectivity index (χ1v) is 14.6. The van der Waals surface area contributed by atoms with Crippen molar-refractivity contribution in [3.05, 3.63) is 35.9 Å². The minimum atomic E-state index is -1.79. The molecule has 0 unspecified atom stereocenters. The number of amides is 2. The van der Waals surface area contributed by atoms with E-state index in [0.29, 0.717) is 37.6 Å². The molecule has 0 saturated carbocycles. The third kappa shape index (κ3) is 11.1. The highest BCUT2D eigenvalue weighted by Crippen LogP contribution is 2.36. The fourth-order valence-corrected chi connectivity index (χ4v) is 3.61. The number of hydrogen-bond acceptors (Lipinski definition) is 6. The highest BCUT2D eigenvalue weighted by molar-refractivity contribution is 6.74. The molecule has 1 rings (SSSR count). The normalized spacial score (nSPS) is 12.5. The molecule has 192 valence electrons. The molecular weight excluding hydrogens is 450 g/mol. The molecule has 0 atom stereocenters. The van der Waals surface area contributed by atoms with Crippen LogP contribution in [0.3, 0.4) is 0 Å². The lowest BCUT2D eigenvalue weighted by molar-refractivity contribution is 0.0534. The van der Waals surface area contributed by atoms with Crippen LogP contribution in [0.1, 0.15) is 58.3 Å². The Labute approximate surface area is 205 Å². The van der Waals surface area contributed by atoms with Crippen molar-refractivity contribution in [2.45, 2.75) is 71.7 Å². The molecule has 4 N–H and O–H groups in total.